The minimum absolute atomic E-state index is 0.0553. The topological polar surface area (TPSA) is 183 Å². The van der Waals surface area contributed by atoms with Crippen molar-refractivity contribution in [2.24, 2.45) is 0 Å². The summed E-state index contributed by atoms with van der Waals surface area (Å²) in [4.78, 5) is 59.0. The molecule has 2 aliphatic heterocycles. The summed E-state index contributed by atoms with van der Waals surface area (Å²) in [5, 5.41) is 25.2. The normalized spacial score (nSPS) is 13.5. The van der Waals surface area contributed by atoms with Crippen molar-refractivity contribution in [1.29, 1.82) is 0 Å². The van der Waals surface area contributed by atoms with Gasteiger partial charge in [0.2, 0.25) is 23.6 Å². The van der Waals surface area contributed by atoms with Crippen molar-refractivity contribution in [3.05, 3.63) is 140 Å². The summed E-state index contributed by atoms with van der Waals surface area (Å²) in [5.74, 6) is 3.42. The number of aromatic nitrogens is 6. The SMILES string of the molecule is BrB(Br)Br.C=CC(=O)N1CCN(c2ncnc3c(Oc4cc(CO)cc5ccccc45)nc(C)cc23)CC1.C=CC(=O)N1CCN(c2ncnc3c(Oc4cc(O)cc5ccccc45)nc(C)cc23)CC1. The van der Waals surface area contributed by atoms with Crippen LogP contribution in [0.25, 0.3) is 43.4 Å². The number of hydrogen-bond donors (Lipinski definition) is 2. The Morgan fingerprint density at radius 3 is 1.48 bits per heavy atom. The smallest absolute Gasteiger partial charge is 0.369 e. The Kier molecular flexibility index (Phi) is 16.4. The molecular weight excluding hydrogens is 1100 g/mol. The van der Waals surface area contributed by atoms with Gasteiger partial charge in [-0.3, -0.25) is 9.59 Å². The number of aromatic hydroxyl groups is 1. The molecule has 10 rings (SSSR count). The van der Waals surface area contributed by atoms with Crippen molar-refractivity contribution in [1.82, 2.24) is 39.7 Å². The van der Waals surface area contributed by atoms with Gasteiger partial charge in [-0.2, -0.15) is 0 Å². The molecule has 0 bridgehead atoms. The van der Waals surface area contributed by atoms with Crippen molar-refractivity contribution in [2.45, 2.75) is 20.5 Å². The van der Waals surface area contributed by atoms with Gasteiger partial charge in [0.05, 0.1) is 17.4 Å². The number of hydrogen-bond acceptors (Lipinski definition) is 14. The minimum atomic E-state index is -0.0875. The highest BCUT2D eigenvalue weighted by molar-refractivity contribution is 9.69. The molecule has 2 fully saturated rings. The molecule has 2 saturated heterocycles. The number of carbonyl (C=O) groups excluding carboxylic acids is 2. The highest BCUT2D eigenvalue weighted by Gasteiger charge is 2.25. The van der Waals surface area contributed by atoms with Crippen LogP contribution in [0.2, 0.25) is 0 Å². The van der Waals surface area contributed by atoms with Gasteiger partial charge < -0.3 is 39.3 Å². The number of rotatable bonds is 9. The number of aliphatic hydroxyl groups is 1. The molecule has 0 atom stereocenters. The summed E-state index contributed by atoms with van der Waals surface area (Å²) in [5.41, 5.74) is 3.49. The van der Waals surface area contributed by atoms with Gasteiger partial charge in [-0.05, 0) is 72.7 Å². The Hall–Kier alpha value is -6.74. The number of aryl methyl sites for hydroxylation is 2. The van der Waals surface area contributed by atoms with E-state index in [0.717, 1.165) is 60.9 Å². The van der Waals surface area contributed by atoms with Crippen LogP contribution in [-0.2, 0) is 16.2 Å². The first-order chi connectivity index (χ1) is 34.3. The van der Waals surface area contributed by atoms with E-state index in [1.54, 1.807) is 21.9 Å². The molecule has 0 unspecified atom stereocenters. The predicted molar refractivity (Wildman–Crippen MR) is 290 cm³/mol. The summed E-state index contributed by atoms with van der Waals surface area (Å²) in [7, 11) is 0. The molecule has 2 amide bonds. The monoisotopic (exact) mass is 1140 g/mol. The van der Waals surface area contributed by atoms with E-state index < -0.39 is 0 Å². The fourth-order valence-corrected chi connectivity index (χ4v) is 8.53. The first-order valence-electron chi connectivity index (χ1n) is 22.5. The number of phenols is 1. The number of phenolic OH excluding ortho intramolecular Hbond substituents is 1. The second-order valence-electron chi connectivity index (χ2n) is 16.4. The fraction of sp³-hybridized carbons (Fsp3) is 0.216. The first-order valence-corrected chi connectivity index (χ1v) is 25.3. The fourth-order valence-electron chi connectivity index (χ4n) is 8.53. The van der Waals surface area contributed by atoms with E-state index in [9.17, 15) is 19.8 Å². The molecule has 6 heterocycles. The van der Waals surface area contributed by atoms with Gasteiger partial charge in [0.15, 0.2) is 0 Å². The molecule has 4 aromatic carbocycles. The van der Waals surface area contributed by atoms with E-state index in [4.69, 9.17) is 9.47 Å². The highest BCUT2D eigenvalue weighted by atomic mass is 79.9. The lowest BCUT2D eigenvalue weighted by Crippen LogP contribution is -2.48. The van der Waals surface area contributed by atoms with Crippen LogP contribution in [0.15, 0.2) is 123 Å². The Bertz CT molecular complexity index is 3280. The van der Waals surface area contributed by atoms with Crippen LogP contribution >= 0.6 is 47.3 Å². The van der Waals surface area contributed by atoms with Crippen molar-refractivity contribution in [2.75, 3.05) is 62.2 Å². The largest absolute Gasteiger partial charge is 0.508 e. The van der Waals surface area contributed by atoms with Crippen LogP contribution < -0.4 is 19.3 Å². The number of fused-ring (bicyclic) bond motifs is 4. The van der Waals surface area contributed by atoms with E-state index >= 15 is 0 Å². The molecule has 4 aromatic heterocycles. The molecule has 2 N–H and O–H groups in total. The lowest BCUT2D eigenvalue weighted by Gasteiger charge is -2.35. The molecule has 71 heavy (non-hydrogen) atoms. The molecule has 0 saturated carbocycles. The van der Waals surface area contributed by atoms with Crippen LogP contribution in [0.4, 0.5) is 11.6 Å². The Morgan fingerprint density at radius 2 is 1.04 bits per heavy atom. The predicted octanol–water partition coefficient (Wildman–Crippen LogP) is 9.58. The molecule has 2 aliphatic rings. The van der Waals surface area contributed by atoms with Crippen molar-refractivity contribution in [3.63, 3.8) is 0 Å². The molecule has 0 spiro atoms. The Labute approximate surface area is 435 Å². The molecule has 0 aliphatic carbocycles. The van der Waals surface area contributed by atoms with Gasteiger partial charge in [0, 0.05) is 80.6 Å². The Morgan fingerprint density at radius 1 is 0.620 bits per heavy atom. The summed E-state index contributed by atoms with van der Waals surface area (Å²) in [6.45, 7) is 15.9. The summed E-state index contributed by atoms with van der Waals surface area (Å²) < 4.78 is 12.8. The molecule has 20 heteroatoms. The van der Waals surface area contributed by atoms with E-state index in [2.05, 4.69) is 100 Å². The average molecular weight is 1150 g/mol. The number of benzene rings is 4. The maximum Gasteiger partial charge on any atom is 0.369 e. The van der Waals surface area contributed by atoms with Crippen molar-refractivity contribution >= 4 is 117 Å². The summed E-state index contributed by atoms with van der Waals surface area (Å²) in [6.07, 6.45) is 5.72. The highest BCUT2D eigenvalue weighted by Crippen LogP contribution is 2.38. The van der Waals surface area contributed by atoms with Crippen LogP contribution in [0.1, 0.15) is 17.0 Å². The molecule has 8 aromatic rings. The lowest BCUT2D eigenvalue weighted by molar-refractivity contribution is -0.127. The number of amides is 2. The van der Waals surface area contributed by atoms with Crippen LogP contribution in [0.3, 0.4) is 0 Å². The molecular formula is C51H48BBr3N10O6. The van der Waals surface area contributed by atoms with Gasteiger partial charge in [-0.15, -0.1) is 47.3 Å². The maximum atomic E-state index is 11.9. The maximum absolute atomic E-state index is 11.9. The third-order valence-electron chi connectivity index (χ3n) is 11.8. The van der Waals surface area contributed by atoms with Gasteiger partial charge in [0.1, 0.15) is 52.6 Å². The summed E-state index contributed by atoms with van der Waals surface area (Å²) in [6, 6.07) is 26.5. The molecule has 16 nitrogen and oxygen atoms in total. The number of nitrogens with zero attached hydrogens (tertiary/aromatic N) is 10. The summed E-state index contributed by atoms with van der Waals surface area (Å²) >= 11 is 9.31. The standard InChI is InChI=1S/C26H25N5O3.C25H23N5O3.BBr3/c1-3-23(33)30-8-10-31(11-9-30)25-21-12-17(2)29-26(24(21)27-16-28-25)34-22-14-18(15-32)13-19-6-4-5-7-20(19)22;1-3-22(32)29-8-10-30(11-9-29)24-20-12-16(2)28-25(23(20)26-15-27-24)33-21-14-18(31)13-17-6-4-5-7-19(17)21;2-1(3)4/h3-7,12-14,16,32H,1,8-11,15H2,2H3;3-7,12-15,31H,1,8-11H2,2H3;. The molecule has 0 radical (unpaired) electrons. The number of pyridine rings is 2. The quantitative estimate of drug-likeness (QED) is 0.103. The number of anilines is 2. The van der Waals surface area contributed by atoms with Crippen molar-refractivity contribution in [3.8, 4) is 29.0 Å². The van der Waals surface area contributed by atoms with E-state index in [0.29, 0.717) is 86.7 Å². The van der Waals surface area contributed by atoms with Crippen LogP contribution in [0, 0.1) is 13.8 Å². The number of carbonyl (C=O) groups is 2. The second-order valence-corrected chi connectivity index (χ2v) is 22.9. The van der Waals surface area contributed by atoms with Gasteiger partial charge in [-0.1, -0.05) is 61.7 Å². The molecule has 362 valence electrons. The number of halogens is 3. The number of piperazine rings is 2. The first kappa shape index (κ1) is 50.6. The lowest BCUT2D eigenvalue weighted by atomic mass is 10.1. The van der Waals surface area contributed by atoms with Gasteiger partial charge >= 0.3 is 3.18 Å². The Balaban J connectivity index is 0.000000177. The average Bonchev–Trinajstić information content (AvgIpc) is 3.38. The van der Waals surface area contributed by atoms with E-state index in [1.165, 1.54) is 24.8 Å². The van der Waals surface area contributed by atoms with Gasteiger partial charge in [0.25, 0.3) is 0 Å². The number of aliphatic hydroxyl groups excluding tert-OH is 1. The third-order valence-corrected chi connectivity index (χ3v) is 11.8. The van der Waals surface area contributed by atoms with Crippen molar-refractivity contribution < 1.29 is 29.3 Å². The minimum Gasteiger partial charge on any atom is -0.508 e. The van der Waals surface area contributed by atoms with Gasteiger partial charge in [-0.25, -0.2) is 29.9 Å². The zero-order chi connectivity index (χ0) is 50.2. The second kappa shape index (κ2) is 23.0. The van der Waals surface area contributed by atoms with Crippen LogP contribution in [-0.4, -0.2) is 117 Å². The zero-order valence-corrected chi connectivity index (χ0v) is 43.6. The van der Waals surface area contributed by atoms with E-state index in [1.807, 2.05) is 86.6 Å². The van der Waals surface area contributed by atoms with E-state index in [-0.39, 0.29) is 27.4 Å². The number of ether oxygens (including phenoxy) is 2. The zero-order valence-electron chi connectivity index (χ0n) is 38.9. The third kappa shape index (κ3) is 11.9. The van der Waals surface area contributed by atoms with Crippen LogP contribution in [0.5, 0.6) is 29.0 Å².